The zero-order chi connectivity index (χ0) is 17.8. The fourth-order valence-corrected chi connectivity index (χ4v) is 4.19. The van der Waals surface area contributed by atoms with Crippen LogP contribution in [-0.4, -0.2) is 71.0 Å². The quantitative estimate of drug-likeness (QED) is 0.436. The van der Waals surface area contributed by atoms with Crippen molar-refractivity contribution < 1.29 is 25.2 Å². The van der Waals surface area contributed by atoms with Crippen molar-refractivity contribution in [3.8, 4) is 0 Å². The minimum Gasteiger partial charge on any atom is -0.394 e. The van der Waals surface area contributed by atoms with E-state index in [-0.39, 0.29) is 5.82 Å². The summed E-state index contributed by atoms with van der Waals surface area (Å²) in [7, 11) is 0. The Kier molecular flexibility index (Phi) is 3.89. The van der Waals surface area contributed by atoms with Gasteiger partial charge in [-0.2, -0.15) is 0 Å². The summed E-state index contributed by atoms with van der Waals surface area (Å²) in [6, 6.07) is 0. The highest BCUT2D eigenvalue weighted by molar-refractivity contribution is 5.81. The third-order valence-electron chi connectivity index (χ3n) is 5.40. The van der Waals surface area contributed by atoms with Gasteiger partial charge in [-0.1, -0.05) is 6.42 Å². The van der Waals surface area contributed by atoms with Crippen LogP contribution in [0.1, 0.15) is 19.3 Å². The van der Waals surface area contributed by atoms with Crippen molar-refractivity contribution >= 4 is 17.0 Å². The molecule has 2 aromatic heterocycles. The first-order valence-corrected chi connectivity index (χ1v) is 8.27. The Morgan fingerprint density at radius 1 is 1.24 bits per heavy atom. The molecule has 136 valence electrons. The second kappa shape index (κ2) is 5.85. The van der Waals surface area contributed by atoms with E-state index >= 15 is 0 Å². The van der Waals surface area contributed by atoms with Gasteiger partial charge in [-0.25, -0.2) is 15.0 Å². The van der Waals surface area contributed by atoms with E-state index in [1.54, 1.807) is 0 Å². The van der Waals surface area contributed by atoms with Gasteiger partial charge in [0.05, 0.1) is 19.0 Å². The van der Waals surface area contributed by atoms with Crippen molar-refractivity contribution in [1.82, 2.24) is 19.5 Å². The van der Waals surface area contributed by atoms with Gasteiger partial charge in [0, 0.05) is 5.92 Å². The van der Waals surface area contributed by atoms with E-state index in [2.05, 4.69) is 15.0 Å². The van der Waals surface area contributed by atoms with Crippen molar-refractivity contribution in [2.45, 2.75) is 49.4 Å². The number of rotatable bonds is 3. The van der Waals surface area contributed by atoms with E-state index in [0.717, 1.165) is 6.42 Å². The molecular weight excluding hydrogens is 330 g/mol. The molecule has 2 aliphatic rings. The van der Waals surface area contributed by atoms with Crippen LogP contribution in [0.5, 0.6) is 0 Å². The Morgan fingerprint density at radius 2 is 2.04 bits per heavy atom. The molecule has 0 bridgehead atoms. The summed E-state index contributed by atoms with van der Waals surface area (Å²) in [6.07, 6.45) is 0.190. The zero-order valence-corrected chi connectivity index (χ0v) is 13.4. The Morgan fingerprint density at radius 3 is 2.68 bits per heavy atom. The van der Waals surface area contributed by atoms with Crippen LogP contribution in [0.4, 0.5) is 5.82 Å². The van der Waals surface area contributed by atoms with Crippen molar-refractivity contribution in [2.75, 3.05) is 12.3 Å². The first-order chi connectivity index (χ1) is 12.0. The van der Waals surface area contributed by atoms with Gasteiger partial charge < -0.3 is 30.9 Å². The lowest BCUT2D eigenvalue weighted by atomic mass is 9.86. The third kappa shape index (κ3) is 2.19. The molecule has 6 N–H and O–H groups in total. The minimum absolute atomic E-state index is 0.178. The fraction of sp³-hybridized carbons (Fsp3) is 0.667. The molecule has 1 saturated carbocycles. The standard InChI is InChI=1S/C15H21N5O5/c16-13-10-14(18-5-17-13)20(6-19-10)15(7-2-1-3-8(7)22)12(24)11(23)9(4-21)25-15/h5-9,11-12,21-24H,1-4H2,(H2,16,17,18)/t7-,8+,9+,11+,12+,15+/m0/s1. The molecule has 4 rings (SSSR count). The largest absolute Gasteiger partial charge is 0.394 e. The maximum absolute atomic E-state index is 10.9. The Bertz CT molecular complexity index is 785. The molecule has 1 aliphatic heterocycles. The summed E-state index contributed by atoms with van der Waals surface area (Å²) in [6.45, 7) is -0.466. The zero-order valence-electron chi connectivity index (χ0n) is 13.4. The molecule has 6 atom stereocenters. The molecular formula is C15H21N5O5. The Labute approximate surface area is 142 Å². The number of hydrogen-bond acceptors (Lipinski definition) is 9. The van der Waals surface area contributed by atoms with E-state index in [1.165, 1.54) is 17.2 Å². The molecule has 0 radical (unpaired) electrons. The molecule has 3 heterocycles. The van der Waals surface area contributed by atoms with Crippen LogP contribution in [0.15, 0.2) is 12.7 Å². The van der Waals surface area contributed by atoms with Crippen molar-refractivity contribution in [3.05, 3.63) is 12.7 Å². The van der Waals surface area contributed by atoms with Crippen LogP contribution in [0, 0.1) is 5.92 Å². The number of nitrogens with two attached hydrogens (primary N) is 1. The lowest BCUT2D eigenvalue weighted by Gasteiger charge is -2.40. The summed E-state index contributed by atoms with van der Waals surface area (Å²) in [4.78, 5) is 12.3. The number of nitrogen functional groups attached to an aromatic ring is 1. The number of anilines is 1. The van der Waals surface area contributed by atoms with Crippen LogP contribution in [0.25, 0.3) is 11.2 Å². The van der Waals surface area contributed by atoms with Crippen LogP contribution >= 0.6 is 0 Å². The average Bonchev–Trinajstić information content (AvgIpc) is 3.28. The molecule has 10 nitrogen and oxygen atoms in total. The topological polar surface area (TPSA) is 160 Å². The van der Waals surface area contributed by atoms with Crippen molar-refractivity contribution in [2.24, 2.45) is 5.92 Å². The van der Waals surface area contributed by atoms with Gasteiger partial charge in [-0.3, -0.25) is 4.57 Å². The van der Waals surface area contributed by atoms with Crippen LogP contribution in [-0.2, 0) is 10.5 Å². The maximum Gasteiger partial charge on any atom is 0.181 e. The van der Waals surface area contributed by atoms with Crippen molar-refractivity contribution in [3.63, 3.8) is 0 Å². The first-order valence-electron chi connectivity index (χ1n) is 8.27. The van der Waals surface area contributed by atoms with E-state index in [1.807, 2.05) is 0 Å². The summed E-state index contributed by atoms with van der Waals surface area (Å²) >= 11 is 0. The summed E-state index contributed by atoms with van der Waals surface area (Å²) in [5.74, 6) is -0.320. The molecule has 1 aliphatic carbocycles. The highest BCUT2D eigenvalue weighted by Crippen LogP contribution is 2.49. The lowest BCUT2D eigenvalue weighted by molar-refractivity contribution is -0.196. The number of hydrogen-bond donors (Lipinski definition) is 5. The van der Waals surface area contributed by atoms with E-state index < -0.39 is 42.7 Å². The van der Waals surface area contributed by atoms with Gasteiger partial charge in [0.25, 0.3) is 0 Å². The SMILES string of the molecule is Nc1ncnc2c1ncn2[C@]1([C@H]2CCC[C@H]2O)O[C@H](CO)[C@@H](O)[C@H]1O. The monoisotopic (exact) mass is 351 g/mol. The molecule has 1 saturated heterocycles. The Hall–Kier alpha value is -1.85. The van der Waals surface area contributed by atoms with Gasteiger partial charge in [0.1, 0.15) is 30.2 Å². The number of fused-ring (bicyclic) bond motifs is 1. The predicted octanol–water partition coefficient (Wildman–Crippen LogP) is -1.66. The van der Waals surface area contributed by atoms with Gasteiger partial charge in [-0.15, -0.1) is 0 Å². The average molecular weight is 351 g/mol. The van der Waals surface area contributed by atoms with Gasteiger partial charge in [0.2, 0.25) is 0 Å². The normalized spacial score (nSPS) is 38.6. The van der Waals surface area contributed by atoms with Crippen LogP contribution < -0.4 is 5.73 Å². The summed E-state index contributed by atoms with van der Waals surface area (Å²) in [5.41, 5.74) is 5.01. The maximum atomic E-state index is 10.9. The number of nitrogens with zero attached hydrogens (tertiary/aromatic N) is 4. The molecule has 0 spiro atoms. The molecule has 0 amide bonds. The number of ether oxygens (including phenoxy) is 1. The van der Waals surface area contributed by atoms with E-state index in [9.17, 15) is 20.4 Å². The van der Waals surface area contributed by atoms with Crippen LogP contribution in [0.2, 0.25) is 0 Å². The highest BCUT2D eigenvalue weighted by atomic mass is 16.6. The second-order valence-corrected chi connectivity index (χ2v) is 6.68. The number of aromatic nitrogens is 4. The van der Waals surface area contributed by atoms with E-state index in [4.69, 9.17) is 10.5 Å². The lowest BCUT2D eigenvalue weighted by Crippen LogP contribution is -2.53. The highest BCUT2D eigenvalue weighted by Gasteiger charge is 2.62. The molecule has 0 unspecified atom stereocenters. The molecule has 2 fully saturated rings. The number of aliphatic hydroxyl groups excluding tert-OH is 4. The smallest absolute Gasteiger partial charge is 0.181 e. The number of aliphatic hydroxyl groups is 4. The molecule has 0 aromatic carbocycles. The minimum atomic E-state index is -1.50. The first kappa shape index (κ1) is 16.6. The molecule has 2 aromatic rings. The second-order valence-electron chi connectivity index (χ2n) is 6.68. The fourth-order valence-electron chi connectivity index (χ4n) is 4.19. The van der Waals surface area contributed by atoms with Gasteiger partial charge in [-0.05, 0) is 12.8 Å². The summed E-state index contributed by atoms with van der Waals surface area (Å²) in [5, 5.41) is 41.2. The summed E-state index contributed by atoms with van der Waals surface area (Å²) < 4.78 is 7.48. The van der Waals surface area contributed by atoms with Gasteiger partial charge in [0.15, 0.2) is 17.2 Å². The number of imidazole rings is 1. The van der Waals surface area contributed by atoms with Crippen molar-refractivity contribution in [1.29, 1.82) is 0 Å². The predicted molar refractivity (Wildman–Crippen MR) is 85.0 cm³/mol. The third-order valence-corrected chi connectivity index (χ3v) is 5.40. The Balaban J connectivity index is 1.93. The van der Waals surface area contributed by atoms with Crippen LogP contribution in [0.3, 0.4) is 0 Å². The van der Waals surface area contributed by atoms with Gasteiger partial charge >= 0.3 is 0 Å². The van der Waals surface area contributed by atoms with E-state index in [0.29, 0.717) is 24.0 Å². The molecule has 25 heavy (non-hydrogen) atoms. The molecule has 10 heteroatoms.